The Morgan fingerprint density at radius 1 is 1.50 bits per heavy atom. The summed E-state index contributed by atoms with van der Waals surface area (Å²) in [5.41, 5.74) is 0.912. The Kier molecular flexibility index (Phi) is 5.50. The molecule has 0 aliphatic carbocycles. The van der Waals surface area contributed by atoms with E-state index in [0.29, 0.717) is 0 Å². The van der Waals surface area contributed by atoms with Crippen molar-refractivity contribution in [3.8, 4) is 0 Å². The summed E-state index contributed by atoms with van der Waals surface area (Å²) in [6, 6.07) is 3.30. The normalized spacial score (nSPS) is 25.0. The van der Waals surface area contributed by atoms with Crippen LogP contribution in [0.5, 0.6) is 0 Å². The Bertz CT molecular complexity index is 796. The van der Waals surface area contributed by atoms with Crippen molar-refractivity contribution in [1.82, 2.24) is 5.43 Å². The fourth-order valence-electron chi connectivity index (χ4n) is 3.38. The third-order valence-electron chi connectivity index (χ3n) is 4.82. The van der Waals surface area contributed by atoms with Crippen molar-refractivity contribution >= 4 is 34.9 Å². The van der Waals surface area contributed by atoms with Crippen LogP contribution in [0, 0.1) is 15.5 Å². The zero-order chi connectivity index (χ0) is 19.6. The third-order valence-corrected chi connectivity index (χ3v) is 5.14. The first-order valence-corrected chi connectivity index (χ1v) is 8.17. The number of carboxylic acid groups (broad SMARTS) is 1. The first kappa shape index (κ1) is 19.6. The lowest BCUT2D eigenvalue weighted by Crippen LogP contribution is -2.57. The van der Waals surface area contributed by atoms with Crippen LogP contribution < -0.4 is 5.43 Å². The highest BCUT2D eigenvalue weighted by Gasteiger charge is 2.55. The van der Waals surface area contributed by atoms with Crippen LogP contribution in [0.2, 0.25) is 5.02 Å². The molecule has 1 heterocycles. The molecule has 3 atom stereocenters. The lowest BCUT2D eigenvalue weighted by molar-refractivity contribution is -0.384. The predicted molar refractivity (Wildman–Crippen MR) is 93.3 cm³/mol. The number of benzene rings is 1. The van der Waals surface area contributed by atoms with Gasteiger partial charge in [-0.3, -0.25) is 14.9 Å². The van der Waals surface area contributed by atoms with Crippen LogP contribution in [0.1, 0.15) is 31.7 Å². The number of carbonyl (C=O) groups is 2. The van der Waals surface area contributed by atoms with Gasteiger partial charge >= 0.3 is 11.9 Å². The zero-order valence-corrected chi connectivity index (χ0v) is 15.1. The highest BCUT2D eigenvalue weighted by atomic mass is 35.5. The molecule has 9 nitrogen and oxygen atoms in total. The first-order valence-electron chi connectivity index (χ1n) is 7.79. The maximum atomic E-state index is 12.2. The van der Waals surface area contributed by atoms with Crippen LogP contribution in [0.4, 0.5) is 5.69 Å². The molecule has 26 heavy (non-hydrogen) atoms. The largest absolute Gasteiger partial charge is 0.481 e. The summed E-state index contributed by atoms with van der Waals surface area (Å²) in [7, 11) is 1.15. The predicted octanol–water partition coefficient (Wildman–Crippen LogP) is 2.33. The summed E-state index contributed by atoms with van der Waals surface area (Å²) in [5.74, 6) is -3.02. The third kappa shape index (κ3) is 2.98. The molecular formula is C16H18ClN3O6. The number of methoxy groups -OCH3 is 1. The van der Waals surface area contributed by atoms with Crippen molar-refractivity contribution in [2.75, 3.05) is 7.11 Å². The number of halogens is 1. The van der Waals surface area contributed by atoms with Crippen molar-refractivity contribution in [2.24, 2.45) is 10.5 Å². The average molecular weight is 384 g/mol. The van der Waals surface area contributed by atoms with E-state index < -0.39 is 34.2 Å². The average Bonchev–Trinajstić information content (AvgIpc) is 2.60. The Morgan fingerprint density at radius 2 is 2.15 bits per heavy atom. The monoisotopic (exact) mass is 383 g/mol. The molecule has 10 heteroatoms. The maximum Gasteiger partial charge on any atom is 0.354 e. The Morgan fingerprint density at radius 3 is 2.65 bits per heavy atom. The van der Waals surface area contributed by atoms with Crippen LogP contribution >= 0.6 is 11.6 Å². The number of nitro benzene ring substituents is 1. The van der Waals surface area contributed by atoms with Crippen LogP contribution in [-0.2, 0) is 14.3 Å². The van der Waals surface area contributed by atoms with E-state index >= 15 is 0 Å². The molecule has 0 saturated heterocycles. The van der Waals surface area contributed by atoms with E-state index in [2.05, 4.69) is 10.5 Å². The number of nitrogens with zero attached hydrogens (tertiary/aromatic N) is 2. The van der Waals surface area contributed by atoms with Gasteiger partial charge in [0.1, 0.15) is 10.4 Å². The van der Waals surface area contributed by atoms with Crippen molar-refractivity contribution in [3.63, 3.8) is 0 Å². The summed E-state index contributed by atoms with van der Waals surface area (Å²) >= 11 is 5.86. The summed E-state index contributed by atoms with van der Waals surface area (Å²) in [5, 5.41) is 25.1. The van der Waals surface area contributed by atoms with Gasteiger partial charge in [0.15, 0.2) is 5.71 Å². The van der Waals surface area contributed by atoms with Gasteiger partial charge in [-0.15, -0.1) is 0 Å². The molecule has 140 valence electrons. The molecular weight excluding hydrogens is 366 g/mol. The number of ether oxygens (including phenoxy) is 1. The molecule has 0 aromatic heterocycles. The van der Waals surface area contributed by atoms with Gasteiger partial charge < -0.3 is 15.3 Å². The minimum Gasteiger partial charge on any atom is -0.481 e. The van der Waals surface area contributed by atoms with Gasteiger partial charge in [-0.2, -0.15) is 5.10 Å². The van der Waals surface area contributed by atoms with Gasteiger partial charge in [-0.1, -0.05) is 24.6 Å². The molecule has 0 radical (unpaired) electrons. The van der Waals surface area contributed by atoms with Crippen LogP contribution in [0.3, 0.4) is 0 Å². The summed E-state index contributed by atoms with van der Waals surface area (Å²) < 4.78 is 4.73. The molecule has 3 unspecified atom stereocenters. The highest BCUT2D eigenvalue weighted by molar-refractivity contribution is 6.39. The molecule has 1 aliphatic heterocycles. The van der Waals surface area contributed by atoms with Gasteiger partial charge in [0, 0.05) is 6.07 Å². The van der Waals surface area contributed by atoms with Crippen molar-refractivity contribution in [1.29, 1.82) is 0 Å². The topological polar surface area (TPSA) is 131 Å². The van der Waals surface area contributed by atoms with Crippen molar-refractivity contribution in [3.05, 3.63) is 38.9 Å². The minimum atomic E-state index is -1.47. The number of rotatable bonds is 5. The van der Waals surface area contributed by atoms with Crippen molar-refractivity contribution in [2.45, 2.75) is 32.2 Å². The second-order valence-corrected chi connectivity index (χ2v) is 6.35. The molecule has 0 amide bonds. The molecule has 0 spiro atoms. The molecule has 1 aromatic carbocycles. The SMILES string of the molecule is CCC1(C(=O)O)C(C)NN=C(C(=O)OC)C1c1ccc(Cl)c([N+](=O)[O-])c1. The number of carboxylic acids is 1. The Balaban J connectivity index is 2.78. The van der Waals surface area contributed by atoms with E-state index in [1.165, 1.54) is 18.2 Å². The smallest absolute Gasteiger partial charge is 0.354 e. The van der Waals surface area contributed by atoms with E-state index in [4.69, 9.17) is 16.3 Å². The van der Waals surface area contributed by atoms with E-state index in [-0.39, 0.29) is 28.4 Å². The highest BCUT2D eigenvalue weighted by Crippen LogP contribution is 2.46. The maximum absolute atomic E-state index is 12.2. The Labute approximate surface area is 154 Å². The summed E-state index contributed by atoms with van der Waals surface area (Å²) in [6.07, 6.45) is 0.146. The molecule has 2 N–H and O–H groups in total. The van der Waals surface area contributed by atoms with Gasteiger partial charge in [0.2, 0.25) is 0 Å². The number of aliphatic carboxylic acids is 1. The molecule has 0 saturated carbocycles. The standard InChI is InChI=1S/C16H18ClN3O6/c1-4-16(15(22)23)8(2)18-19-13(14(21)26-3)12(16)9-5-6-10(17)11(7-9)20(24)25/h5-8,12,18H,4H2,1-3H3,(H,22,23). The number of nitro groups is 1. The molecule has 1 aliphatic rings. The molecule has 0 bridgehead atoms. The minimum absolute atomic E-state index is 0.0882. The molecule has 1 aromatic rings. The lowest BCUT2D eigenvalue weighted by Gasteiger charge is -2.43. The van der Waals surface area contributed by atoms with E-state index in [1.54, 1.807) is 13.8 Å². The van der Waals surface area contributed by atoms with Gasteiger partial charge in [-0.25, -0.2) is 4.79 Å². The lowest BCUT2D eigenvalue weighted by atomic mass is 9.63. The number of carbonyl (C=O) groups excluding carboxylic acids is 1. The Hall–Kier alpha value is -2.68. The second kappa shape index (κ2) is 7.28. The zero-order valence-electron chi connectivity index (χ0n) is 14.4. The van der Waals surface area contributed by atoms with E-state index in [0.717, 1.165) is 7.11 Å². The number of hydrogen-bond donors (Lipinski definition) is 2. The summed E-state index contributed by atoms with van der Waals surface area (Å²) in [4.78, 5) is 35.0. The van der Waals surface area contributed by atoms with E-state index in [9.17, 15) is 24.8 Å². The number of hydrazone groups is 1. The fourth-order valence-corrected chi connectivity index (χ4v) is 3.57. The van der Waals surface area contributed by atoms with Crippen LogP contribution in [0.15, 0.2) is 23.3 Å². The van der Waals surface area contributed by atoms with Gasteiger partial charge in [0.25, 0.3) is 5.69 Å². The number of esters is 1. The first-order chi connectivity index (χ1) is 12.2. The fraction of sp³-hybridized carbons (Fsp3) is 0.438. The van der Waals surface area contributed by atoms with Gasteiger partial charge in [0.05, 0.1) is 24.0 Å². The molecule has 0 fully saturated rings. The molecule has 2 rings (SSSR count). The van der Waals surface area contributed by atoms with Crippen LogP contribution in [0.25, 0.3) is 0 Å². The van der Waals surface area contributed by atoms with Gasteiger partial charge in [-0.05, 0) is 25.0 Å². The number of nitrogens with one attached hydrogen (secondary N) is 1. The summed E-state index contributed by atoms with van der Waals surface area (Å²) in [6.45, 7) is 3.30. The number of hydrogen-bond acceptors (Lipinski definition) is 7. The van der Waals surface area contributed by atoms with E-state index in [1.807, 2.05) is 0 Å². The quantitative estimate of drug-likeness (QED) is 0.453. The van der Waals surface area contributed by atoms with Crippen LogP contribution in [-0.4, -0.2) is 40.8 Å². The van der Waals surface area contributed by atoms with Crippen molar-refractivity contribution < 1.29 is 24.4 Å². The second-order valence-electron chi connectivity index (χ2n) is 5.94.